The van der Waals surface area contributed by atoms with Crippen molar-refractivity contribution in [3.8, 4) is 0 Å². The second-order valence-electron chi connectivity index (χ2n) is 3.79. The summed E-state index contributed by atoms with van der Waals surface area (Å²) < 4.78 is 4.87. The van der Waals surface area contributed by atoms with Crippen LogP contribution in [0.1, 0.15) is 30.1 Å². The summed E-state index contributed by atoms with van der Waals surface area (Å²) in [6.45, 7) is 5.02. The Morgan fingerprint density at radius 3 is 2.50 bits per heavy atom. The molecule has 0 spiro atoms. The summed E-state index contributed by atoms with van der Waals surface area (Å²) in [4.78, 5) is 26.2. The third-order valence-electron chi connectivity index (χ3n) is 2.18. The lowest BCUT2D eigenvalue weighted by Crippen LogP contribution is -2.44. The quantitative estimate of drug-likeness (QED) is 0.792. The maximum atomic E-state index is 11.6. The second kappa shape index (κ2) is 4.78. The van der Waals surface area contributed by atoms with Gasteiger partial charge in [-0.15, -0.1) is 0 Å². The van der Waals surface area contributed by atoms with Gasteiger partial charge in [-0.25, -0.2) is 9.78 Å². The van der Waals surface area contributed by atoms with E-state index >= 15 is 0 Å². The van der Waals surface area contributed by atoms with Crippen LogP contribution in [0.15, 0.2) is 10.8 Å². The van der Waals surface area contributed by atoms with E-state index in [0.29, 0.717) is 5.76 Å². The van der Waals surface area contributed by atoms with Crippen LogP contribution in [0.4, 0.5) is 0 Å². The summed E-state index contributed by atoms with van der Waals surface area (Å²) >= 11 is 0. The first-order chi connectivity index (χ1) is 7.43. The number of carboxylic acids is 1. The normalized spacial score (nSPS) is 12.5. The van der Waals surface area contributed by atoms with Crippen LogP contribution in [0.3, 0.4) is 0 Å². The fourth-order valence-corrected chi connectivity index (χ4v) is 1.25. The van der Waals surface area contributed by atoms with E-state index in [-0.39, 0.29) is 11.6 Å². The third-order valence-corrected chi connectivity index (χ3v) is 2.18. The van der Waals surface area contributed by atoms with Crippen LogP contribution in [-0.4, -0.2) is 28.0 Å². The first-order valence-electron chi connectivity index (χ1n) is 4.87. The molecule has 0 bridgehead atoms. The van der Waals surface area contributed by atoms with Crippen molar-refractivity contribution < 1.29 is 19.1 Å². The minimum atomic E-state index is -1.07. The Morgan fingerprint density at radius 2 is 2.12 bits per heavy atom. The maximum Gasteiger partial charge on any atom is 0.326 e. The molecule has 6 heteroatoms. The average molecular weight is 226 g/mol. The number of carbonyl (C=O) groups is 2. The molecule has 1 amide bonds. The van der Waals surface area contributed by atoms with Gasteiger partial charge in [0, 0.05) is 0 Å². The fourth-order valence-electron chi connectivity index (χ4n) is 1.25. The number of nitrogens with zero attached hydrogens (tertiary/aromatic N) is 1. The molecule has 6 nitrogen and oxygen atoms in total. The van der Waals surface area contributed by atoms with Gasteiger partial charge in [0.25, 0.3) is 5.91 Å². The largest absolute Gasteiger partial charge is 0.480 e. The Bertz CT molecular complexity index is 397. The minimum absolute atomic E-state index is 0.117. The second-order valence-corrected chi connectivity index (χ2v) is 3.79. The molecule has 0 saturated heterocycles. The van der Waals surface area contributed by atoms with Gasteiger partial charge in [-0.3, -0.25) is 4.79 Å². The minimum Gasteiger partial charge on any atom is -0.480 e. The molecule has 2 N–H and O–H groups in total. The van der Waals surface area contributed by atoms with Crippen LogP contribution in [0.25, 0.3) is 0 Å². The Morgan fingerprint density at radius 1 is 1.50 bits per heavy atom. The molecule has 1 rings (SSSR count). The van der Waals surface area contributed by atoms with Crippen LogP contribution in [0, 0.1) is 12.8 Å². The van der Waals surface area contributed by atoms with Crippen molar-refractivity contribution in [1.82, 2.24) is 10.3 Å². The van der Waals surface area contributed by atoms with E-state index in [1.807, 2.05) is 0 Å². The predicted molar refractivity (Wildman–Crippen MR) is 55.0 cm³/mol. The van der Waals surface area contributed by atoms with Gasteiger partial charge in [0.2, 0.25) is 0 Å². The van der Waals surface area contributed by atoms with E-state index in [1.165, 1.54) is 0 Å². The van der Waals surface area contributed by atoms with E-state index in [0.717, 1.165) is 6.39 Å². The monoisotopic (exact) mass is 226 g/mol. The number of nitrogens with one attached hydrogen (secondary N) is 1. The summed E-state index contributed by atoms with van der Waals surface area (Å²) in [6, 6.07) is -0.927. The van der Waals surface area contributed by atoms with Crippen LogP contribution < -0.4 is 5.32 Å². The molecule has 0 unspecified atom stereocenters. The Balaban J connectivity index is 2.77. The lowest BCUT2D eigenvalue weighted by molar-refractivity contribution is -0.140. The Kier molecular flexibility index (Phi) is 3.65. The Hall–Kier alpha value is -1.85. The molecule has 88 valence electrons. The van der Waals surface area contributed by atoms with Gasteiger partial charge < -0.3 is 14.8 Å². The highest BCUT2D eigenvalue weighted by Gasteiger charge is 2.25. The van der Waals surface area contributed by atoms with Crippen molar-refractivity contribution >= 4 is 11.9 Å². The number of carboxylic acid groups (broad SMARTS) is 1. The summed E-state index contributed by atoms with van der Waals surface area (Å²) in [7, 11) is 0. The molecule has 0 aliphatic carbocycles. The van der Waals surface area contributed by atoms with E-state index < -0.39 is 17.9 Å². The van der Waals surface area contributed by atoms with Gasteiger partial charge in [-0.2, -0.15) is 0 Å². The molecule has 0 aliphatic heterocycles. The zero-order valence-electron chi connectivity index (χ0n) is 9.35. The lowest BCUT2D eigenvalue weighted by Gasteiger charge is -2.17. The number of hydrogen-bond acceptors (Lipinski definition) is 4. The molecule has 0 saturated carbocycles. The fraction of sp³-hybridized carbons (Fsp3) is 0.500. The molecule has 1 aromatic rings. The van der Waals surface area contributed by atoms with Crippen LogP contribution in [-0.2, 0) is 4.79 Å². The smallest absolute Gasteiger partial charge is 0.326 e. The number of aromatic nitrogens is 1. The molecule has 0 aliphatic rings. The standard InChI is InChI=1S/C10H14N2O4/c1-5(2)7(10(14)15)12-9(13)8-6(3)16-4-11-8/h4-5,7H,1-3H3,(H,12,13)(H,14,15)/t7-/m0/s1. The Labute approximate surface area is 92.7 Å². The molecule has 16 heavy (non-hydrogen) atoms. The van der Waals surface area contributed by atoms with Crippen molar-refractivity contribution in [3.63, 3.8) is 0 Å². The van der Waals surface area contributed by atoms with Crippen molar-refractivity contribution in [1.29, 1.82) is 0 Å². The summed E-state index contributed by atoms with van der Waals surface area (Å²) in [5.41, 5.74) is 0.117. The zero-order chi connectivity index (χ0) is 12.3. The summed E-state index contributed by atoms with van der Waals surface area (Å²) in [5.74, 6) is -1.43. The summed E-state index contributed by atoms with van der Waals surface area (Å²) in [6.07, 6.45) is 1.15. The molecule has 0 aromatic carbocycles. The third kappa shape index (κ3) is 2.59. The zero-order valence-corrected chi connectivity index (χ0v) is 9.35. The molecule has 0 radical (unpaired) electrons. The van der Waals surface area contributed by atoms with Gasteiger partial charge in [-0.05, 0) is 12.8 Å². The summed E-state index contributed by atoms with van der Waals surface area (Å²) in [5, 5.41) is 11.3. The molecule has 1 atom stereocenters. The number of aliphatic carboxylic acids is 1. The molecular formula is C10H14N2O4. The SMILES string of the molecule is Cc1ocnc1C(=O)N[C@H](C(=O)O)C(C)C. The molecular weight excluding hydrogens is 212 g/mol. The van der Waals surface area contributed by atoms with Crippen LogP contribution >= 0.6 is 0 Å². The molecule has 1 aromatic heterocycles. The van der Waals surface area contributed by atoms with Gasteiger partial charge in [0.05, 0.1) is 0 Å². The molecule has 0 fully saturated rings. The van der Waals surface area contributed by atoms with Gasteiger partial charge in [-0.1, -0.05) is 13.8 Å². The van der Waals surface area contributed by atoms with Crippen LogP contribution in [0.2, 0.25) is 0 Å². The number of amides is 1. The van der Waals surface area contributed by atoms with Crippen LogP contribution in [0.5, 0.6) is 0 Å². The van der Waals surface area contributed by atoms with Gasteiger partial charge in [0.15, 0.2) is 12.1 Å². The van der Waals surface area contributed by atoms with Crippen molar-refractivity contribution in [2.75, 3.05) is 0 Å². The highest BCUT2D eigenvalue weighted by atomic mass is 16.4. The van der Waals surface area contributed by atoms with E-state index in [4.69, 9.17) is 9.52 Å². The number of oxazole rings is 1. The van der Waals surface area contributed by atoms with Crippen molar-refractivity contribution in [3.05, 3.63) is 17.8 Å². The number of hydrogen-bond donors (Lipinski definition) is 2. The first kappa shape index (κ1) is 12.2. The highest BCUT2D eigenvalue weighted by molar-refractivity contribution is 5.95. The van der Waals surface area contributed by atoms with Gasteiger partial charge in [0.1, 0.15) is 11.8 Å². The van der Waals surface area contributed by atoms with E-state index in [2.05, 4.69) is 10.3 Å². The average Bonchev–Trinajstić information content (AvgIpc) is 2.59. The van der Waals surface area contributed by atoms with E-state index in [9.17, 15) is 9.59 Å². The van der Waals surface area contributed by atoms with E-state index in [1.54, 1.807) is 20.8 Å². The maximum absolute atomic E-state index is 11.6. The first-order valence-corrected chi connectivity index (χ1v) is 4.87. The lowest BCUT2D eigenvalue weighted by atomic mass is 10.0. The number of rotatable bonds is 4. The number of aryl methyl sites for hydroxylation is 1. The van der Waals surface area contributed by atoms with Crippen molar-refractivity contribution in [2.45, 2.75) is 26.8 Å². The van der Waals surface area contributed by atoms with Gasteiger partial charge >= 0.3 is 5.97 Å². The van der Waals surface area contributed by atoms with Crippen molar-refractivity contribution in [2.24, 2.45) is 5.92 Å². The molecule has 1 heterocycles. The number of carbonyl (C=O) groups excluding carboxylic acids is 1. The predicted octanol–water partition coefficient (Wildman–Crippen LogP) is 0.822. The topological polar surface area (TPSA) is 92.4 Å². The highest BCUT2D eigenvalue weighted by Crippen LogP contribution is 2.07.